The molecule has 3 N–H and O–H groups in total. The van der Waals surface area contributed by atoms with E-state index in [1.165, 1.54) is 4.88 Å². The lowest BCUT2D eigenvalue weighted by Gasteiger charge is -2.19. The second-order valence-corrected chi connectivity index (χ2v) is 6.40. The first kappa shape index (κ1) is 14.5. The van der Waals surface area contributed by atoms with Crippen LogP contribution in [-0.4, -0.2) is 11.5 Å². The Bertz CT molecular complexity index is 553. The van der Waals surface area contributed by atoms with Gasteiger partial charge in [-0.15, -0.1) is 11.3 Å². The number of halogens is 1. The van der Waals surface area contributed by atoms with Gasteiger partial charge in [0, 0.05) is 26.5 Å². The van der Waals surface area contributed by atoms with Crippen molar-refractivity contribution in [1.29, 1.82) is 0 Å². The normalized spacial score (nSPS) is 12.6. The van der Waals surface area contributed by atoms with E-state index in [1.54, 1.807) is 17.5 Å². The van der Waals surface area contributed by atoms with Crippen LogP contribution >= 0.6 is 27.3 Å². The third-order valence-electron chi connectivity index (χ3n) is 2.87. The van der Waals surface area contributed by atoms with Crippen LogP contribution in [0.3, 0.4) is 0 Å². The largest absolute Gasteiger partial charge is 0.383 e. The maximum absolute atomic E-state index is 6.05. The fraction of sp³-hybridized carbons (Fsp3) is 0.357. The van der Waals surface area contributed by atoms with Crippen LogP contribution in [0.25, 0.3) is 0 Å². The molecule has 0 amide bonds. The Morgan fingerprint density at radius 3 is 2.89 bits per heavy atom. The van der Waals surface area contributed by atoms with E-state index in [4.69, 9.17) is 5.73 Å². The number of aromatic nitrogens is 1. The molecular weight excluding hydrogens is 322 g/mol. The Morgan fingerprint density at radius 1 is 1.47 bits per heavy atom. The standard InChI is InChI=1S/C14H18BrN3S/c1-3-4-17-13(12-6-10(15)8-19-12)11-5-9(2)7-18-14(11)16/h5-8,13,17H,3-4H2,1-2H3,(H2,16,18). The zero-order chi connectivity index (χ0) is 13.8. The molecule has 0 fully saturated rings. The lowest BCUT2D eigenvalue weighted by molar-refractivity contribution is 0.605. The van der Waals surface area contributed by atoms with Gasteiger partial charge in [-0.1, -0.05) is 6.92 Å². The molecule has 102 valence electrons. The lowest BCUT2D eigenvalue weighted by atomic mass is 10.0. The third kappa shape index (κ3) is 3.55. The van der Waals surface area contributed by atoms with Crippen molar-refractivity contribution in [2.45, 2.75) is 26.3 Å². The second-order valence-electron chi connectivity index (χ2n) is 4.54. The number of hydrogen-bond acceptors (Lipinski definition) is 4. The van der Waals surface area contributed by atoms with E-state index in [2.05, 4.69) is 50.7 Å². The van der Waals surface area contributed by atoms with Crippen molar-refractivity contribution in [1.82, 2.24) is 10.3 Å². The van der Waals surface area contributed by atoms with E-state index < -0.39 is 0 Å². The summed E-state index contributed by atoms with van der Waals surface area (Å²) in [7, 11) is 0. The minimum atomic E-state index is 0.114. The quantitative estimate of drug-likeness (QED) is 0.868. The summed E-state index contributed by atoms with van der Waals surface area (Å²) < 4.78 is 1.11. The molecule has 2 rings (SSSR count). The van der Waals surface area contributed by atoms with E-state index in [9.17, 15) is 0 Å². The fourth-order valence-corrected chi connectivity index (χ4v) is 3.50. The van der Waals surface area contributed by atoms with Crippen LogP contribution in [0, 0.1) is 6.92 Å². The Balaban J connectivity index is 2.39. The smallest absolute Gasteiger partial charge is 0.128 e. The number of pyridine rings is 1. The molecule has 0 aliphatic heterocycles. The molecule has 5 heteroatoms. The van der Waals surface area contributed by atoms with Gasteiger partial charge in [0.05, 0.1) is 6.04 Å². The van der Waals surface area contributed by atoms with E-state index in [-0.39, 0.29) is 6.04 Å². The highest BCUT2D eigenvalue weighted by molar-refractivity contribution is 9.10. The molecule has 0 radical (unpaired) electrons. The summed E-state index contributed by atoms with van der Waals surface area (Å²) in [5.74, 6) is 0.601. The molecule has 19 heavy (non-hydrogen) atoms. The summed E-state index contributed by atoms with van der Waals surface area (Å²) in [5.41, 5.74) is 8.23. The molecule has 0 aliphatic rings. The van der Waals surface area contributed by atoms with Crippen LogP contribution in [0.5, 0.6) is 0 Å². The molecule has 0 aromatic carbocycles. The fourth-order valence-electron chi connectivity index (χ4n) is 1.97. The van der Waals surface area contributed by atoms with Gasteiger partial charge in [0.25, 0.3) is 0 Å². The van der Waals surface area contributed by atoms with Crippen LogP contribution in [0.2, 0.25) is 0 Å². The SMILES string of the molecule is CCCNC(c1cc(Br)cs1)c1cc(C)cnc1N. The van der Waals surface area contributed by atoms with Gasteiger partial charge in [-0.05, 0) is 53.5 Å². The Morgan fingerprint density at radius 2 is 2.26 bits per heavy atom. The Kier molecular flexibility index (Phi) is 4.96. The van der Waals surface area contributed by atoms with Gasteiger partial charge < -0.3 is 11.1 Å². The zero-order valence-corrected chi connectivity index (χ0v) is 13.5. The second kappa shape index (κ2) is 6.50. The number of nitrogens with two attached hydrogens (primary N) is 1. The molecule has 0 saturated heterocycles. The van der Waals surface area contributed by atoms with Crippen molar-refractivity contribution in [3.8, 4) is 0 Å². The molecule has 2 heterocycles. The highest BCUT2D eigenvalue weighted by Crippen LogP contribution is 2.32. The van der Waals surface area contributed by atoms with Gasteiger partial charge in [0.1, 0.15) is 5.82 Å². The summed E-state index contributed by atoms with van der Waals surface area (Å²) in [5, 5.41) is 5.65. The van der Waals surface area contributed by atoms with Gasteiger partial charge in [0.15, 0.2) is 0 Å². The first-order valence-electron chi connectivity index (χ1n) is 6.31. The minimum absolute atomic E-state index is 0.114. The van der Waals surface area contributed by atoms with Crippen LogP contribution in [-0.2, 0) is 0 Å². The molecule has 0 aliphatic carbocycles. The highest BCUT2D eigenvalue weighted by atomic mass is 79.9. The number of nitrogens with one attached hydrogen (secondary N) is 1. The summed E-state index contributed by atoms with van der Waals surface area (Å²) in [6.07, 6.45) is 2.89. The zero-order valence-electron chi connectivity index (χ0n) is 11.1. The van der Waals surface area contributed by atoms with Gasteiger partial charge in [0.2, 0.25) is 0 Å². The average molecular weight is 340 g/mol. The molecule has 0 spiro atoms. The van der Waals surface area contributed by atoms with Gasteiger partial charge in [-0.25, -0.2) is 4.98 Å². The number of nitrogen functional groups attached to an aromatic ring is 1. The van der Waals surface area contributed by atoms with Crippen molar-refractivity contribution in [2.75, 3.05) is 12.3 Å². The van der Waals surface area contributed by atoms with Crippen molar-refractivity contribution in [2.24, 2.45) is 0 Å². The minimum Gasteiger partial charge on any atom is -0.383 e. The van der Waals surface area contributed by atoms with Gasteiger partial charge in [-0.3, -0.25) is 0 Å². The number of hydrogen-bond donors (Lipinski definition) is 2. The molecule has 0 bridgehead atoms. The summed E-state index contributed by atoms with van der Waals surface area (Å²) >= 11 is 5.23. The number of thiophene rings is 1. The molecule has 1 atom stereocenters. The molecule has 2 aromatic heterocycles. The predicted molar refractivity (Wildman–Crippen MR) is 85.5 cm³/mol. The molecule has 0 saturated carbocycles. The molecule has 3 nitrogen and oxygen atoms in total. The van der Waals surface area contributed by atoms with Crippen LogP contribution in [0.4, 0.5) is 5.82 Å². The third-order valence-corrected chi connectivity index (χ3v) is 4.63. The molecule has 1 unspecified atom stereocenters. The lowest BCUT2D eigenvalue weighted by Crippen LogP contribution is -2.23. The van der Waals surface area contributed by atoms with Gasteiger partial charge >= 0.3 is 0 Å². The van der Waals surface area contributed by atoms with E-state index in [0.29, 0.717) is 5.82 Å². The number of anilines is 1. The number of nitrogens with zero attached hydrogens (tertiary/aromatic N) is 1. The van der Waals surface area contributed by atoms with Crippen LogP contribution in [0.15, 0.2) is 28.2 Å². The van der Waals surface area contributed by atoms with Crippen LogP contribution < -0.4 is 11.1 Å². The predicted octanol–water partition coefficient (Wildman–Crippen LogP) is 3.89. The number of rotatable bonds is 5. The summed E-state index contributed by atoms with van der Waals surface area (Å²) in [4.78, 5) is 5.52. The van der Waals surface area contributed by atoms with E-state index in [1.807, 2.05) is 6.92 Å². The average Bonchev–Trinajstić information content (AvgIpc) is 2.80. The van der Waals surface area contributed by atoms with E-state index >= 15 is 0 Å². The first-order chi connectivity index (χ1) is 9.11. The maximum atomic E-state index is 6.05. The van der Waals surface area contributed by atoms with Crippen LogP contribution in [0.1, 0.15) is 35.4 Å². The topological polar surface area (TPSA) is 50.9 Å². The highest BCUT2D eigenvalue weighted by Gasteiger charge is 2.18. The molecule has 2 aromatic rings. The van der Waals surface area contributed by atoms with Crippen molar-refractivity contribution in [3.63, 3.8) is 0 Å². The Hall–Kier alpha value is -0.910. The molecular formula is C14H18BrN3S. The maximum Gasteiger partial charge on any atom is 0.128 e. The van der Waals surface area contributed by atoms with Crippen molar-refractivity contribution in [3.05, 3.63) is 44.2 Å². The Labute approximate surface area is 126 Å². The van der Waals surface area contributed by atoms with E-state index in [0.717, 1.165) is 28.6 Å². The first-order valence-corrected chi connectivity index (χ1v) is 7.98. The summed E-state index contributed by atoms with van der Waals surface area (Å²) in [6, 6.07) is 4.37. The van der Waals surface area contributed by atoms with Gasteiger partial charge in [-0.2, -0.15) is 0 Å². The summed E-state index contributed by atoms with van der Waals surface area (Å²) in [6.45, 7) is 5.15. The van der Waals surface area contributed by atoms with Crippen molar-refractivity contribution >= 4 is 33.1 Å². The monoisotopic (exact) mass is 339 g/mol. The van der Waals surface area contributed by atoms with Crippen molar-refractivity contribution < 1.29 is 0 Å². The number of aryl methyl sites for hydroxylation is 1.